The number of carbonyl (C=O) groups excluding carboxylic acids is 2. The molecule has 0 fully saturated rings. The van der Waals surface area contributed by atoms with Crippen LogP contribution in [-0.4, -0.2) is 47.4 Å². The lowest BCUT2D eigenvalue weighted by atomic mass is 10.0. The molecule has 0 bridgehead atoms. The highest BCUT2D eigenvalue weighted by atomic mass is 16.5. The topological polar surface area (TPSA) is 95.9 Å². The minimum atomic E-state index is -0.667. The molecule has 0 aliphatic rings. The molecular formula is C52H101NO5. The number of amides is 1. The monoisotopic (exact) mass is 820 g/mol. The van der Waals surface area contributed by atoms with Crippen LogP contribution in [-0.2, 0) is 14.3 Å². The average molecular weight is 820 g/mol. The van der Waals surface area contributed by atoms with Crippen LogP contribution in [0.4, 0.5) is 0 Å². The van der Waals surface area contributed by atoms with Crippen molar-refractivity contribution in [1.29, 1.82) is 0 Å². The van der Waals surface area contributed by atoms with Gasteiger partial charge >= 0.3 is 5.97 Å². The predicted molar refractivity (Wildman–Crippen MR) is 250 cm³/mol. The van der Waals surface area contributed by atoms with Gasteiger partial charge in [0.15, 0.2) is 0 Å². The minimum absolute atomic E-state index is 0.00602. The molecule has 0 saturated heterocycles. The number of esters is 1. The van der Waals surface area contributed by atoms with Gasteiger partial charge in [0.2, 0.25) is 5.91 Å². The molecule has 0 aliphatic carbocycles. The van der Waals surface area contributed by atoms with Crippen LogP contribution in [0, 0.1) is 0 Å². The van der Waals surface area contributed by atoms with Crippen LogP contribution in [0.15, 0.2) is 12.2 Å². The number of hydrogen-bond acceptors (Lipinski definition) is 5. The molecule has 6 heteroatoms. The number of allylic oxidation sites excluding steroid dienone is 2. The summed E-state index contributed by atoms with van der Waals surface area (Å²) in [5, 5.41) is 23.2. The van der Waals surface area contributed by atoms with Crippen molar-refractivity contribution in [3.8, 4) is 0 Å². The van der Waals surface area contributed by atoms with Gasteiger partial charge in [0.1, 0.15) is 0 Å². The number of aliphatic hydroxyl groups excluding tert-OH is 2. The van der Waals surface area contributed by atoms with E-state index in [4.69, 9.17) is 4.74 Å². The molecule has 0 aliphatic heterocycles. The van der Waals surface area contributed by atoms with E-state index in [0.717, 1.165) is 44.9 Å². The molecule has 0 rings (SSSR count). The lowest BCUT2D eigenvalue weighted by Gasteiger charge is -2.22. The van der Waals surface area contributed by atoms with Crippen LogP contribution in [0.3, 0.4) is 0 Å². The second-order valence-electron chi connectivity index (χ2n) is 17.9. The lowest BCUT2D eigenvalue weighted by molar-refractivity contribution is -0.143. The predicted octanol–water partition coefficient (Wildman–Crippen LogP) is 15.3. The molecule has 2 unspecified atom stereocenters. The maximum Gasteiger partial charge on any atom is 0.305 e. The summed E-state index contributed by atoms with van der Waals surface area (Å²) in [7, 11) is 0. The standard InChI is InChI=1S/C52H101NO5/c1-3-5-7-9-11-13-15-21-26-30-34-38-42-46-52(57)58-47-43-39-35-31-27-23-20-18-17-19-22-25-29-33-37-41-45-51(56)53-49(48-54)50(55)44-40-36-32-28-24-16-14-12-10-8-6-4-2/h13,15,49-50,54-55H,3-12,14,16-48H2,1-2H3,(H,53,56)/b15-13-. The van der Waals surface area contributed by atoms with E-state index in [9.17, 15) is 19.8 Å². The number of rotatable bonds is 48. The normalized spacial score (nSPS) is 12.7. The van der Waals surface area contributed by atoms with Crippen LogP contribution in [0.25, 0.3) is 0 Å². The van der Waals surface area contributed by atoms with E-state index in [0.29, 0.717) is 25.9 Å². The van der Waals surface area contributed by atoms with Crippen molar-refractivity contribution >= 4 is 11.9 Å². The summed E-state index contributed by atoms with van der Waals surface area (Å²) in [5.74, 6) is -0.0481. The van der Waals surface area contributed by atoms with Crippen molar-refractivity contribution in [3.63, 3.8) is 0 Å². The summed E-state index contributed by atoms with van der Waals surface area (Å²) in [6.45, 7) is 4.92. The third-order valence-corrected chi connectivity index (χ3v) is 12.1. The second-order valence-corrected chi connectivity index (χ2v) is 17.9. The van der Waals surface area contributed by atoms with E-state index < -0.39 is 12.1 Å². The van der Waals surface area contributed by atoms with E-state index >= 15 is 0 Å². The van der Waals surface area contributed by atoms with Gasteiger partial charge in [0, 0.05) is 12.8 Å². The number of hydrogen-bond donors (Lipinski definition) is 3. The Morgan fingerprint density at radius 1 is 0.466 bits per heavy atom. The Labute approximate surface area is 361 Å². The number of unbranched alkanes of at least 4 members (excludes halogenated alkanes) is 35. The van der Waals surface area contributed by atoms with Gasteiger partial charge in [-0.1, -0.05) is 231 Å². The molecule has 0 radical (unpaired) electrons. The molecule has 58 heavy (non-hydrogen) atoms. The van der Waals surface area contributed by atoms with Crippen molar-refractivity contribution in [1.82, 2.24) is 5.32 Å². The highest BCUT2D eigenvalue weighted by Gasteiger charge is 2.20. The maximum absolute atomic E-state index is 12.4. The number of aliphatic hydroxyl groups is 2. The Kier molecular flexibility index (Phi) is 47.1. The Morgan fingerprint density at radius 2 is 0.810 bits per heavy atom. The molecular weight excluding hydrogens is 719 g/mol. The number of nitrogens with one attached hydrogen (secondary N) is 1. The zero-order valence-electron chi connectivity index (χ0n) is 39.0. The summed E-state index contributed by atoms with van der Waals surface area (Å²) >= 11 is 0. The van der Waals surface area contributed by atoms with E-state index in [1.807, 2.05) is 0 Å². The molecule has 3 N–H and O–H groups in total. The van der Waals surface area contributed by atoms with Gasteiger partial charge in [-0.05, 0) is 51.4 Å². The van der Waals surface area contributed by atoms with Crippen LogP contribution < -0.4 is 5.32 Å². The molecule has 344 valence electrons. The van der Waals surface area contributed by atoms with E-state index in [-0.39, 0.29) is 18.5 Å². The first-order valence-electron chi connectivity index (χ1n) is 25.9. The van der Waals surface area contributed by atoms with E-state index in [1.54, 1.807) is 0 Å². The van der Waals surface area contributed by atoms with Crippen molar-refractivity contribution in [2.45, 2.75) is 296 Å². The zero-order valence-corrected chi connectivity index (χ0v) is 39.0. The summed E-state index contributed by atoms with van der Waals surface area (Å²) < 4.78 is 5.46. The summed E-state index contributed by atoms with van der Waals surface area (Å²) in [6.07, 6.45) is 54.6. The third kappa shape index (κ3) is 44.2. The molecule has 0 aromatic carbocycles. The van der Waals surface area contributed by atoms with Crippen molar-refractivity contribution in [2.24, 2.45) is 0 Å². The van der Waals surface area contributed by atoms with Crippen molar-refractivity contribution in [2.75, 3.05) is 13.2 Å². The fourth-order valence-corrected chi connectivity index (χ4v) is 8.05. The van der Waals surface area contributed by atoms with Gasteiger partial charge < -0.3 is 20.3 Å². The lowest BCUT2D eigenvalue weighted by Crippen LogP contribution is -2.45. The maximum atomic E-state index is 12.4. The van der Waals surface area contributed by atoms with Crippen LogP contribution in [0.5, 0.6) is 0 Å². The first-order valence-corrected chi connectivity index (χ1v) is 25.9. The van der Waals surface area contributed by atoms with Crippen molar-refractivity contribution in [3.05, 3.63) is 12.2 Å². The van der Waals surface area contributed by atoms with Gasteiger partial charge in [-0.15, -0.1) is 0 Å². The first kappa shape index (κ1) is 56.6. The summed E-state index contributed by atoms with van der Waals surface area (Å²) in [4.78, 5) is 24.4. The average Bonchev–Trinajstić information content (AvgIpc) is 3.22. The first-order chi connectivity index (χ1) is 28.5. The summed E-state index contributed by atoms with van der Waals surface area (Å²) in [6, 6.07) is -0.545. The largest absolute Gasteiger partial charge is 0.466 e. The smallest absolute Gasteiger partial charge is 0.305 e. The molecule has 1 amide bonds. The number of ether oxygens (including phenoxy) is 1. The van der Waals surface area contributed by atoms with Gasteiger partial charge in [0.05, 0.1) is 25.4 Å². The molecule has 2 atom stereocenters. The van der Waals surface area contributed by atoms with Gasteiger partial charge in [-0.25, -0.2) is 0 Å². The Morgan fingerprint density at radius 3 is 1.24 bits per heavy atom. The second kappa shape index (κ2) is 48.3. The molecule has 0 aromatic heterocycles. The molecule has 0 saturated carbocycles. The summed E-state index contributed by atoms with van der Waals surface area (Å²) in [5.41, 5.74) is 0. The van der Waals surface area contributed by atoms with Crippen LogP contribution >= 0.6 is 0 Å². The van der Waals surface area contributed by atoms with Crippen molar-refractivity contribution < 1.29 is 24.5 Å². The molecule has 0 aromatic rings. The van der Waals surface area contributed by atoms with Gasteiger partial charge in [-0.2, -0.15) is 0 Å². The third-order valence-electron chi connectivity index (χ3n) is 12.1. The van der Waals surface area contributed by atoms with Crippen LogP contribution in [0.2, 0.25) is 0 Å². The van der Waals surface area contributed by atoms with Crippen LogP contribution in [0.1, 0.15) is 284 Å². The SMILES string of the molecule is CCCCCC/C=C\CCCCCCCC(=O)OCCCCCCCCCCCCCCCCCCC(=O)NC(CO)C(O)CCCCCCCCCCCCCC. The van der Waals surface area contributed by atoms with Gasteiger partial charge in [-0.3, -0.25) is 9.59 Å². The molecule has 0 heterocycles. The zero-order chi connectivity index (χ0) is 42.3. The highest BCUT2D eigenvalue weighted by Crippen LogP contribution is 2.17. The Balaban J connectivity index is 3.42. The fraction of sp³-hybridized carbons (Fsp3) is 0.923. The van der Waals surface area contributed by atoms with Gasteiger partial charge in [0.25, 0.3) is 0 Å². The quantitative estimate of drug-likeness (QED) is 0.0323. The number of carbonyl (C=O) groups is 2. The van der Waals surface area contributed by atoms with E-state index in [2.05, 4.69) is 31.3 Å². The fourth-order valence-electron chi connectivity index (χ4n) is 8.05. The Hall–Kier alpha value is -1.40. The Bertz CT molecular complexity index is 863. The molecule has 0 spiro atoms. The molecule has 6 nitrogen and oxygen atoms in total. The highest BCUT2D eigenvalue weighted by molar-refractivity contribution is 5.76. The minimum Gasteiger partial charge on any atom is -0.466 e. The van der Waals surface area contributed by atoms with E-state index in [1.165, 1.54) is 205 Å².